The molecule has 0 bridgehead atoms. The molecule has 130 valence electrons. The van der Waals surface area contributed by atoms with E-state index >= 15 is 0 Å². The van der Waals surface area contributed by atoms with Crippen LogP contribution in [0.15, 0.2) is 30.3 Å². The molecule has 2 rings (SSSR count). The first kappa shape index (κ1) is 18.7. The van der Waals surface area contributed by atoms with Crippen LogP contribution in [0.2, 0.25) is 18.1 Å². The number of hydrogen-bond acceptors (Lipinski definition) is 3. The molecule has 23 heavy (non-hydrogen) atoms. The zero-order valence-corrected chi connectivity index (χ0v) is 16.4. The molecule has 0 amide bonds. The molecule has 4 heteroatoms. The van der Waals surface area contributed by atoms with Gasteiger partial charge in [0.25, 0.3) is 0 Å². The highest BCUT2D eigenvalue weighted by Gasteiger charge is 2.38. The van der Waals surface area contributed by atoms with Crippen molar-refractivity contribution in [3.63, 3.8) is 0 Å². The molecule has 3 nitrogen and oxygen atoms in total. The Morgan fingerprint density at radius 1 is 1.22 bits per heavy atom. The van der Waals surface area contributed by atoms with Gasteiger partial charge in [-0.15, -0.1) is 0 Å². The summed E-state index contributed by atoms with van der Waals surface area (Å²) in [7, 11) is -1.74. The maximum atomic E-state index is 10.4. The molecule has 1 heterocycles. The van der Waals surface area contributed by atoms with Crippen LogP contribution >= 0.6 is 0 Å². The molecule has 0 spiro atoms. The van der Waals surface area contributed by atoms with Crippen LogP contribution in [0, 0.1) is 5.92 Å². The number of likely N-dealkylation sites (tertiary alicyclic amines) is 1. The summed E-state index contributed by atoms with van der Waals surface area (Å²) < 4.78 is 6.35. The van der Waals surface area contributed by atoms with Crippen molar-refractivity contribution in [2.45, 2.75) is 58.0 Å². The van der Waals surface area contributed by atoms with Gasteiger partial charge in [0, 0.05) is 32.2 Å². The fourth-order valence-corrected chi connectivity index (χ4v) is 3.84. The van der Waals surface area contributed by atoms with Gasteiger partial charge in [-0.25, -0.2) is 0 Å². The van der Waals surface area contributed by atoms with Crippen molar-refractivity contribution in [3.05, 3.63) is 35.9 Å². The van der Waals surface area contributed by atoms with Gasteiger partial charge >= 0.3 is 0 Å². The Labute approximate surface area is 142 Å². The van der Waals surface area contributed by atoms with Crippen molar-refractivity contribution in [2.75, 3.05) is 19.7 Å². The van der Waals surface area contributed by atoms with E-state index in [9.17, 15) is 5.11 Å². The van der Waals surface area contributed by atoms with Crippen molar-refractivity contribution in [3.8, 4) is 0 Å². The number of benzene rings is 1. The molecular weight excluding hydrogens is 302 g/mol. The van der Waals surface area contributed by atoms with E-state index in [0.29, 0.717) is 6.61 Å². The number of nitrogens with zero attached hydrogens (tertiary/aromatic N) is 1. The lowest BCUT2D eigenvalue weighted by molar-refractivity contribution is 0.000453. The Kier molecular flexibility index (Phi) is 6.06. The predicted octanol–water partition coefficient (Wildman–Crippen LogP) is 3.89. The SMILES string of the molecule is CC(C)(C)[Si](C)(C)OC[C@H]1CN(Cc2ccccc2)CC[C@H]1O. The minimum atomic E-state index is -1.74. The van der Waals surface area contributed by atoms with E-state index in [1.807, 2.05) is 0 Å². The molecule has 1 aliphatic rings. The molecule has 0 unspecified atom stereocenters. The lowest BCUT2D eigenvalue weighted by atomic mass is 9.95. The molecule has 1 aromatic carbocycles. The van der Waals surface area contributed by atoms with E-state index in [1.54, 1.807) is 0 Å². The minimum Gasteiger partial charge on any atom is -0.416 e. The van der Waals surface area contributed by atoms with E-state index in [-0.39, 0.29) is 17.1 Å². The fraction of sp³-hybridized carbons (Fsp3) is 0.684. The Bertz CT molecular complexity index is 484. The van der Waals surface area contributed by atoms with Crippen LogP contribution in [0.5, 0.6) is 0 Å². The minimum absolute atomic E-state index is 0.219. The molecule has 0 aliphatic carbocycles. The van der Waals surface area contributed by atoms with Crippen molar-refractivity contribution < 1.29 is 9.53 Å². The Morgan fingerprint density at radius 3 is 2.48 bits per heavy atom. The second-order valence-electron chi connectivity index (χ2n) is 8.41. The predicted molar refractivity (Wildman–Crippen MR) is 99.0 cm³/mol. The largest absolute Gasteiger partial charge is 0.416 e. The van der Waals surface area contributed by atoms with Gasteiger partial charge in [0.1, 0.15) is 0 Å². The monoisotopic (exact) mass is 335 g/mol. The van der Waals surface area contributed by atoms with E-state index in [1.165, 1.54) is 5.56 Å². The van der Waals surface area contributed by atoms with Gasteiger partial charge in [0.15, 0.2) is 8.32 Å². The maximum absolute atomic E-state index is 10.4. The fourth-order valence-electron chi connectivity index (χ4n) is 2.78. The normalized spacial score (nSPS) is 23.9. The third-order valence-electron chi connectivity index (χ3n) is 5.49. The van der Waals surface area contributed by atoms with Crippen LogP contribution in [0.25, 0.3) is 0 Å². The summed E-state index contributed by atoms with van der Waals surface area (Å²) in [5.41, 5.74) is 1.34. The molecule has 0 aromatic heterocycles. The van der Waals surface area contributed by atoms with Gasteiger partial charge in [-0.3, -0.25) is 4.90 Å². The number of rotatable bonds is 5. The van der Waals surface area contributed by atoms with Gasteiger partial charge in [0.05, 0.1) is 6.10 Å². The molecule has 1 fully saturated rings. The van der Waals surface area contributed by atoms with E-state index in [4.69, 9.17) is 4.43 Å². The molecule has 1 aromatic rings. The van der Waals surface area contributed by atoms with Crippen LogP contribution in [-0.4, -0.2) is 44.1 Å². The molecule has 1 saturated heterocycles. The first-order valence-electron chi connectivity index (χ1n) is 8.77. The maximum Gasteiger partial charge on any atom is 0.191 e. The third kappa shape index (κ3) is 5.15. The topological polar surface area (TPSA) is 32.7 Å². The van der Waals surface area contributed by atoms with Crippen molar-refractivity contribution in [1.82, 2.24) is 4.90 Å². The highest BCUT2D eigenvalue weighted by atomic mass is 28.4. The van der Waals surface area contributed by atoms with Crippen molar-refractivity contribution >= 4 is 8.32 Å². The lowest BCUT2D eigenvalue weighted by Crippen LogP contribution is -2.48. The Hall–Kier alpha value is -0.683. The average Bonchev–Trinajstić information content (AvgIpc) is 2.48. The molecular formula is C19H33NO2Si. The van der Waals surface area contributed by atoms with Crippen LogP contribution in [-0.2, 0) is 11.0 Å². The number of hydrogen-bond donors (Lipinski definition) is 1. The van der Waals surface area contributed by atoms with E-state index in [0.717, 1.165) is 26.1 Å². The van der Waals surface area contributed by atoms with E-state index in [2.05, 4.69) is 69.1 Å². The summed E-state index contributed by atoms with van der Waals surface area (Å²) in [6.07, 6.45) is 0.616. The molecule has 1 N–H and O–H groups in total. The van der Waals surface area contributed by atoms with E-state index < -0.39 is 8.32 Å². The lowest BCUT2D eigenvalue weighted by Gasteiger charge is -2.40. The second kappa shape index (κ2) is 7.47. The molecule has 0 saturated carbocycles. The van der Waals surface area contributed by atoms with Crippen molar-refractivity contribution in [1.29, 1.82) is 0 Å². The number of aliphatic hydroxyl groups excluding tert-OH is 1. The molecule has 0 radical (unpaired) electrons. The quantitative estimate of drug-likeness (QED) is 0.829. The van der Waals surface area contributed by atoms with Crippen LogP contribution in [0.3, 0.4) is 0 Å². The number of aliphatic hydroxyl groups is 1. The summed E-state index contributed by atoms with van der Waals surface area (Å²) in [6, 6.07) is 10.6. The standard InChI is InChI=1S/C19H33NO2Si/c1-19(2,3)23(4,5)22-15-17-14-20(12-11-18(17)21)13-16-9-7-6-8-10-16/h6-10,17-18,21H,11-15H2,1-5H3/t17-,18-/m1/s1. The van der Waals surface area contributed by atoms with Crippen LogP contribution in [0.4, 0.5) is 0 Å². The Balaban J connectivity index is 1.91. The first-order chi connectivity index (χ1) is 10.7. The zero-order valence-electron chi connectivity index (χ0n) is 15.4. The molecule has 1 aliphatic heterocycles. The summed E-state index contributed by atoms with van der Waals surface area (Å²) in [5.74, 6) is 0.224. The van der Waals surface area contributed by atoms with Gasteiger partial charge in [-0.05, 0) is 30.1 Å². The van der Waals surface area contributed by atoms with Gasteiger partial charge in [-0.2, -0.15) is 0 Å². The molecule has 2 atom stereocenters. The summed E-state index contributed by atoms with van der Waals surface area (Å²) in [5, 5.41) is 10.6. The average molecular weight is 336 g/mol. The van der Waals surface area contributed by atoms with Crippen LogP contribution in [0.1, 0.15) is 32.8 Å². The van der Waals surface area contributed by atoms with Crippen molar-refractivity contribution in [2.24, 2.45) is 5.92 Å². The van der Waals surface area contributed by atoms with Crippen LogP contribution < -0.4 is 0 Å². The summed E-state index contributed by atoms with van der Waals surface area (Å²) in [6.45, 7) is 14.9. The smallest absolute Gasteiger partial charge is 0.191 e. The summed E-state index contributed by atoms with van der Waals surface area (Å²) in [4.78, 5) is 2.45. The van der Waals surface area contributed by atoms with Gasteiger partial charge in [0.2, 0.25) is 0 Å². The third-order valence-corrected chi connectivity index (χ3v) is 9.99. The second-order valence-corrected chi connectivity index (χ2v) is 13.2. The van der Waals surface area contributed by atoms with Gasteiger partial charge < -0.3 is 9.53 Å². The highest BCUT2D eigenvalue weighted by molar-refractivity contribution is 6.74. The van der Waals surface area contributed by atoms with Gasteiger partial charge in [-0.1, -0.05) is 51.1 Å². The zero-order chi connectivity index (χ0) is 17.1. The highest BCUT2D eigenvalue weighted by Crippen LogP contribution is 2.37. The summed E-state index contributed by atoms with van der Waals surface area (Å²) >= 11 is 0. The first-order valence-corrected chi connectivity index (χ1v) is 11.7. The number of piperidine rings is 1. The Morgan fingerprint density at radius 2 is 1.87 bits per heavy atom.